The standard InChI is InChI=1S/C51H85O15P/c1-3-5-7-9-11-13-15-17-18-19-20-21-22-23-25-27-29-31-33-37-45(55)65-41(40-64-67(61,62)66-51-49(59)47(57)46(56)48(58)50(51)60)39-63-44(54)38-34-36-43(53)42(52)35-32-30-28-26-24-16-14-12-10-8-6-4-2/h5,7,11-14,17-18,20-21,24,26,30,32,41-43,46-53,56-60H,3-4,6,8-10,15-16,19,22-23,25,27-29,31,33-40H2,1-2H3,(H,61,62)/b7-5-,13-11-,14-12-,18-17-,21-20-,26-24-,32-30-/t41-,42?,43?,46?,47-,48+,49-,50-,51?/m1/s1. The fourth-order valence-electron chi connectivity index (χ4n) is 6.85. The largest absolute Gasteiger partial charge is 0.472 e. The lowest BCUT2D eigenvalue weighted by Crippen LogP contribution is -2.64. The van der Waals surface area contributed by atoms with Crippen molar-refractivity contribution >= 4 is 19.8 Å². The number of aliphatic hydroxyl groups excluding tert-OH is 7. The Labute approximate surface area is 400 Å². The number of hydrogen-bond donors (Lipinski definition) is 8. The molecule has 1 aliphatic rings. The molecule has 0 spiro atoms. The molecular formula is C51H85O15P. The van der Waals surface area contributed by atoms with E-state index < -0.39 is 87.9 Å². The molecule has 0 heterocycles. The van der Waals surface area contributed by atoms with E-state index >= 15 is 0 Å². The summed E-state index contributed by atoms with van der Waals surface area (Å²) in [7, 11) is -5.20. The van der Waals surface area contributed by atoms with Gasteiger partial charge >= 0.3 is 19.8 Å². The van der Waals surface area contributed by atoms with Crippen molar-refractivity contribution in [3.63, 3.8) is 0 Å². The van der Waals surface area contributed by atoms with E-state index in [9.17, 15) is 54.8 Å². The van der Waals surface area contributed by atoms with Crippen LogP contribution in [0.4, 0.5) is 0 Å². The summed E-state index contributed by atoms with van der Waals surface area (Å²) in [4.78, 5) is 35.8. The predicted octanol–water partition coefficient (Wildman–Crippen LogP) is 8.00. The lowest BCUT2D eigenvalue weighted by atomic mass is 9.85. The summed E-state index contributed by atoms with van der Waals surface area (Å²) in [6.45, 7) is 2.89. The molecule has 1 rings (SSSR count). The quantitative estimate of drug-likeness (QED) is 0.0126. The van der Waals surface area contributed by atoms with Gasteiger partial charge in [0.2, 0.25) is 0 Å². The first-order valence-corrected chi connectivity index (χ1v) is 26.1. The van der Waals surface area contributed by atoms with Crippen molar-refractivity contribution in [2.45, 2.75) is 210 Å². The van der Waals surface area contributed by atoms with Gasteiger partial charge in [0.1, 0.15) is 43.2 Å². The molecule has 67 heavy (non-hydrogen) atoms. The van der Waals surface area contributed by atoms with E-state index in [1.807, 2.05) is 12.2 Å². The maximum atomic E-state index is 12.8. The molecule has 0 aliphatic heterocycles. The number of phosphoric ester groups is 1. The van der Waals surface area contributed by atoms with Gasteiger partial charge in [0, 0.05) is 12.8 Å². The van der Waals surface area contributed by atoms with Crippen LogP contribution < -0.4 is 0 Å². The third-order valence-corrected chi connectivity index (χ3v) is 11.9. The van der Waals surface area contributed by atoms with Crippen molar-refractivity contribution in [1.29, 1.82) is 0 Å². The second-order valence-electron chi connectivity index (χ2n) is 16.9. The van der Waals surface area contributed by atoms with Gasteiger partial charge in [-0.3, -0.25) is 18.6 Å². The van der Waals surface area contributed by atoms with Gasteiger partial charge in [-0.15, -0.1) is 0 Å². The molecule has 10 atom stereocenters. The van der Waals surface area contributed by atoms with Gasteiger partial charge < -0.3 is 50.1 Å². The molecule has 1 fully saturated rings. The van der Waals surface area contributed by atoms with E-state index in [0.717, 1.165) is 77.0 Å². The Hall–Kier alpha value is -3.05. The molecule has 0 aromatic rings. The first kappa shape index (κ1) is 62.0. The lowest BCUT2D eigenvalue weighted by molar-refractivity contribution is -0.220. The van der Waals surface area contributed by atoms with Crippen LogP contribution in [0.15, 0.2) is 85.1 Å². The molecule has 0 saturated heterocycles. The number of phosphoric acid groups is 1. The van der Waals surface area contributed by atoms with E-state index in [2.05, 4.69) is 80.7 Å². The molecule has 1 aliphatic carbocycles. The minimum absolute atomic E-state index is 0.0151. The highest BCUT2D eigenvalue weighted by molar-refractivity contribution is 7.47. The fraction of sp³-hybridized carbons (Fsp3) is 0.686. The van der Waals surface area contributed by atoms with Crippen LogP contribution in [0, 0.1) is 0 Å². The minimum Gasteiger partial charge on any atom is -0.462 e. The van der Waals surface area contributed by atoms with Crippen molar-refractivity contribution in [3.05, 3.63) is 85.1 Å². The van der Waals surface area contributed by atoms with Gasteiger partial charge in [-0.2, -0.15) is 0 Å². The summed E-state index contributed by atoms with van der Waals surface area (Å²) in [6, 6.07) is 0. The molecular weight excluding hydrogens is 884 g/mol. The summed E-state index contributed by atoms with van der Waals surface area (Å²) in [5.74, 6) is -1.41. The van der Waals surface area contributed by atoms with Gasteiger partial charge in [-0.25, -0.2) is 4.57 Å². The predicted molar refractivity (Wildman–Crippen MR) is 260 cm³/mol. The molecule has 0 bridgehead atoms. The van der Waals surface area contributed by atoms with Gasteiger partial charge in [0.15, 0.2) is 6.10 Å². The van der Waals surface area contributed by atoms with Crippen LogP contribution in [-0.4, -0.2) is 121 Å². The maximum Gasteiger partial charge on any atom is 0.472 e. The third kappa shape index (κ3) is 31.7. The molecule has 0 aromatic carbocycles. The minimum atomic E-state index is -5.20. The summed E-state index contributed by atoms with van der Waals surface area (Å²) in [5, 5.41) is 71.0. The number of unbranched alkanes of at least 4 members (excludes halogenated alkanes) is 9. The van der Waals surface area contributed by atoms with Gasteiger partial charge in [-0.1, -0.05) is 137 Å². The van der Waals surface area contributed by atoms with Crippen LogP contribution in [-0.2, 0) is 32.7 Å². The normalized spacial score (nSPS) is 22.8. The molecule has 15 nitrogen and oxygen atoms in total. The highest BCUT2D eigenvalue weighted by atomic mass is 31.2. The molecule has 16 heteroatoms. The highest BCUT2D eigenvalue weighted by Gasteiger charge is 2.51. The Balaban J connectivity index is 2.55. The maximum absolute atomic E-state index is 12.8. The van der Waals surface area contributed by atoms with E-state index in [4.69, 9.17) is 18.5 Å². The second-order valence-corrected chi connectivity index (χ2v) is 18.3. The fourth-order valence-corrected chi connectivity index (χ4v) is 7.82. The van der Waals surface area contributed by atoms with Crippen LogP contribution in [0.5, 0.6) is 0 Å². The monoisotopic (exact) mass is 969 g/mol. The van der Waals surface area contributed by atoms with Crippen LogP contribution in [0.25, 0.3) is 0 Å². The van der Waals surface area contributed by atoms with Crippen molar-refractivity contribution in [3.8, 4) is 0 Å². The number of rotatable bonds is 39. The topological polar surface area (TPSA) is 250 Å². The van der Waals surface area contributed by atoms with E-state index in [-0.39, 0.29) is 32.1 Å². The van der Waals surface area contributed by atoms with Crippen molar-refractivity contribution in [2.24, 2.45) is 0 Å². The number of aliphatic hydroxyl groups is 7. The van der Waals surface area contributed by atoms with Gasteiger partial charge in [0.05, 0.1) is 18.8 Å². The average Bonchev–Trinajstić information content (AvgIpc) is 3.30. The first-order chi connectivity index (χ1) is 32.2. The summed E-state index contributed by atoms with van der Waals surface area (Å²) < 4.78 is 33.4. The van der Waals surface area contributed by atoms with E-state index in [1.54, 1.807) is 6.08 Å². The molecule has 0 aromatic heterocycles. The Morgan fingerprint density at radius 3 is 1.55 bits per heavy atom. The number of carbonyl (C=O) groups excluding carboxylic acids is 2. The molecule has 384 valence electrons. The molecule has 5 unspecified atom stereocenters. The number of allylic oxidation sites excluding steroid dienone is 13. The zero-order chi connectivity index (χ0) is 49.5. The van der Waals surface area contributed by atoms with Gasteiger partial charge in [-0.05, 0) is 89.9 Å². The van der Waals surface area contributed by atoms with Crippen LogP contribution in [0.1, 0.15) is 155 Å². The van der Waals surface area contributed by atoms with Crippen LogP contribution >= 0.6 is 7.82 Å². The highest BCUT2D eigenvalue weighted by Crippen LogP contribution is 2.47. The summed E-state index contributed by atoms with van der Waals surface area (Å²) in [6.07, 6.45) is 30.6. The second kappa shape index (κ2) is 39.8. The number of hydrogen-bond acceptors (Lipinski definition) is 14. The zero-order valence-corrected chi connectivity index (χ0v) is 41.0. The van der Waals surface area contributed by atoms with Gasteiger partial charge in [0.25, 0.3) is 0 Å². The Bertz CT molecular complexity index is 1530. The lowest BCUT2D eigenvalue weighted by Gasteiger charge is -2.41. The van der Waals surface area contributed by atoms with E-state index in [0.29, 0.717) is 12.8 Å². The average molecular weight is 969 g/mol. The van der Waals surface area contributed by atoms with Crippen molar-refractivity contribution < 1.29 is 73.3 Å². The van der Waals surface area contributed by atoms with Crippen molar-refractivity contribution in [1.82, 2.24) is 0 Å². The third-order valence-electron chi connectivity index (χ3n) is 10.9. The zero-order valence-electron chi connectivity index (χ0n) is 40.1. The molecule has 8 N–H and O–H groups in total. The molecule has 0 radical (unpaired) electrons. The molecule has 1 saturated carbocycles. The Morgan fingerprint density at radius 2 is 1.00 bits per heavy atom. The number of carbonyl (C=O) groups is 2. The number of ether oxygens (including phenoxy) is 2. The summed E-state index contributed by atoms with van der Waals surface area (Å²) in [5.41, 5.74) is 0. The summed E-state index contributed by atoms with van der Waals surface area (Å²) >= 11 is 0. The molecule has 0 amide bonds. The van der Waals surface area contributed by atoms with Crippen LogP contribution in [0.3, 0.4) is 0 Å². The van der Waals surface area contributed by atoms with Crippen LogP contribution in [0.2, 0.25) is 0 Å². The van der Waals surface area contributed by atoms with E-state index in [1.165, 1.54) is 19.3 Å². The Morgan fingerprint density at radius 1 is 0.537 bits per heavy atom. The van der Waals surface area contributed by atoms with Crippen molar-refractivity contribution in [2.75, 3.05) is 13.2 Å². The SMILES string of the molecule is CC/C=C\C/C=C\C/C=C\C/C=C\CCCCCCCCC(=O)O[C@H](COC(=O)CCCC(O)C(O)C/C=C\C/C=C\C/C=C\CCCCC)COP(=O)(O)OC1[C@H](O)[C@H](O)C(O)[C@H](O)[C@H]1O. The smallest absolute Gasteiger partial charge is 0.462 e. The number of esters is 2. The Kier molecular flexibility index (Phi) is 36.8. The first-order valence-electron chi connectivity index (χ1n) is 24.6.